The number of ether oxygens (including phenoxy) is 1. The molecule has 6 nitrogen and oxygen atoms in total. The highest BCUT2D eigenvalue weighted by atomic mass is 32.1. The Hall–Kier alpha value is -3.45. The van der Waals surface area contributed by atoms with E-state index in [4.69, 9.17) is 17.0 Å². The van der Waals surface area contributed by atoms with E-state index in [2.05, 4.69) is 16.2 Å². The second-order valence-electron chi connectivity index (χ2n) is 6.93. The van der Waals surface area contributed by atoms with Crippen molar-refractivity contribution < 1.29 is 14.3 Å². The molecule has 0 heterocycles. The number of benzene rings is 3. The molecular formula is C23H23N3O3S. The van der Waals surface area contributed by atoms with Crippen molar-refractivity contribution in [2.75, 3.05) is 0 Å². The highest BCUT2D eigenvalue weighted by Gasteiger charge is 2.15. The number of rotatable bonds is 5. The number of thiocarbonyl (C=S) groups is 1. The van der Waals surface area contributed by atoms with Crippen LogP contribution in [0.1, 0.15) is 29.8 Å². The van der Waals surface area contributed by atoms with Gasteiger partial charge in [0.05, 0.1) is 18.1 Å². The van der Waals surface area contributed by atoms with Gasteiger partial charge in [0.2, 0.25) is 5.91 Å². The van der Waals surface area contributed by atoms with Crippen LogP contribution < -0.4 is 20.9 Å². The minimum Gasteiger partial charge on any atom is -0.490 e. The van der Waals surface area contributed by atoms with Crippen molar-refractivity contribution in [3.63, 3.8) is 0 Å². The first-order valence-corrected chi connectivity index (χ1v) is 9.97. The molecular weight excluding hydrogens is 398 g/mol. The Morgan fingerprint density at radius 2 is 1.63 bits per heavy atom. The van der Waals surface area contributed by atoms with Crippen LogP contribution in [0.15, 0.2) is 66.7 Å². The van der Waals surface area contributed by atoms with Crippen LogP contribution in [0.25, 0.3) is 10.8 Å². The molecule has 0 saturated carbocycles. The number of carbonyl (C=O) groups excluding carboxylic acids is 2. The molecule has 154 valence electrons. The summed E-state index contributed by atoms with van der Waals surface area (Å²) in [6.45, 7) is 3.76. The minimum atomic E-state index is -0.424. The summed E-state index contributed by atoms with van der Waals surface area (Å²) >= 11 is 5.12. The average Bonchev–Trinajstić information content (AvgIpc) is 2.72. The monoisotopic (exact) mass is 421 g/mol. The largest absolute Gasteiger partial charge is 0.490 e. The minimum absolute atomic E-state index is 0.00869. The molecule has 3 N–H and O–H groups in total. The van der Waals surface area contributed by atoms with Gasteiger partial charge in [0.1, 0.15) is 5.75 Å². The van der Waals surface area contributed by atoms with Crippen molar-refractivity contribution in [3.05, 3.63) is 77.9 Å². The molecule has 3 aromatic carbocycles. The van der Waals surface area contributed by atoms with Crippen LogP contribution in [0, 0.1) is 0 Å². The number of hydrazine groups is 1. The molecule has 0 bridgehead atoms. The van der Waals surface area contributed by atoms with E-state index in [1.165, 1.54) is 0 Å². The van der Waals surface area contributed by atoms with E-state index in [0.29, 0.717) is 11.3 Å². The highest BCUT2D eigenvalue weighted by molar-refractivity contribution is 7.80. The molecule has 2 amide bonds. The molecule has 0 aliphatic carbocycles. The maximum absolute atomic E-state index is 12.5. The van der Waals surface area contributed by atoms with E-state index >= 15 is 0 Å². The third-order valence-electron chi connectivity index (χ3n) is 4.27. The number of nitrogens with one attached hydrogen (secondary N) is 3. The lowest BCUT2D eigenvalue weighted by atomic mass is 10.0. The first-order chi connectivity index (χ1) is 14.4. The SMILES string of the molecule is CC(C)Oc1ccccc1C(=O)NC(=S)NNC(=O)Cc1cccc2ccccc12. The summed E-state index contributed by atoms with van der Waals surface area (Å²) < 4.78 is 5.65. The van der Waals surface area contributed by atoms with Gasteiger partial charge < -0.3 is 4.74 Å². The summed E-state index contributed by atoms with van der Waals surface area (Å²) in [7, 11) is 0. The van der Waals surface area contributed by atoms with Gasteiger partial charge in [-0.2, -0.15) is 0 Å². The smallest absolute Gasteiger partial charge is 0.261 e. The van der Waals surface area contributed by atoms with Gasteiger partial charge in [0, 0.05) is 0 Å². The van der Waals surface area contributed by atoms with Crippen molar-refractivity contribution in [1.82, 2.24) is 16.2 Å². The molecule has 0 atom stereocenters. The van der Waals surface area contributed by atoms with E-state index in [9.17, 15) is 9.59 Å². The molecule has 0 aromatic heterocycles. The van der Waals surface area contributed by atoms with E-state index in [0.717, 1.165) is 16.3 Å². The zero-order valence-corrected chi connectivity index (χ0v) is 17.6. The summed E-state index contributed by atoms with van der Waals surface area (Å²) in [4.78, 5) is 24.8. The fourth-order valence-corrected chi connectivity index (χ4v) is 3.15. The molecule has 3 aromatic rings. The van der Waals surface area contributed by atoms with Crippen molar-refractivity contribution in [2.45, 2.75) is 26.4 Å². The van der Waals surface area contributed by atoms with Gasteiger partial charge in [0.15, 0.2) is 5.11 Å². The Labute approximate surface area is 180 Å². The van der Waals surface area contributed by atoms with Gasteiger partial charge in [-0.15, -0.1) is 0 Å². The van der Waals surface area contributed by atoms with E-state index < -0.39 is 5.91 Å². The van der Waals surface area contributed by atoms with E-state index in [1.807, 2.05) is 56.3 Å². The Morgan fingerprint density at radius 1 is 0.933 bits per heavy atom. The lowest BCUT2D eigenvalue weighted by molar-refractivity contribution is -0.121. The zero-order valence-electron chi connectivity index (χ0n) is 16.8. The summed E-state index contributed by atoms with van der Waals surface area (Å²) in [5.74, 6) is -0.230. The number of fused-ring (bicyclic) bond motifs is 1. The van der Waals surface area contributed by atoms with Crippen LogP contribution in [-0.4, -0.2) is 23.0 Å². The zero-order chi connectivity index (χ0) is 21.5. The molecule has 0 saturated heterocycles. The van der Waals surface area contributed by atoms with Gasteiger partial charge in [-0.3, -0.25) is 25.8 Å². The van der Waals surface area contributed by atoms with Gasteiger partial charge >= 0.3 is 0 Å². The normalized spacial score (nSPS) is 10.5. The molecule has 0 unspecified atom stereocenters. The second-order valence-corrected chi connectivity index (χ2v) is 7.34. The van der Waals surface area contributed by atoms with Crippen molar-refractivity contribution in [2.24, 2.45) is 0 Å². The Morgan fingerprint density at radius 3 is 2.43 bits per heavy atom. The Balaban J connectivity index is 1.56. The summed E-state index contributed by atoms with van der Waals surface area (Å²) in [5, 5.41) is 4.63. The lowest BCUT2D eigenvalue weighted by Gasteiger charge is -2.15. The summed E-state index contributed by atoms with van der Waals surface area (Å²) in [5.41, 5.74) is 6.36. The third-order valence-corrected chi connectivity index (χ3v) is 4.47. The van der Waals surface area contributed by atoms with Gasteiger partial charge in [0.25, 0.3) is 5.91 Å². The third kappa shape index (κ3) is 5.55. The summed E-state index contributed by atoms with van der Waals surface area (Å²) in [6, 6.07) is 20.6. The first-order valence-electron chi connectivity index (χ1n) is 9.56. The first kappa shape index (κ1) is 21.3. The lowest BCUT2D eigenvalue weighted by Crippen LogP contribution is -2.48. The maximum atomic E-state index is 12.5. The molecule has 30 heavy (non-hydrogen) atoms. The van der Waals surface area contributed by atoms with Crippen LogP contribution in [0.2, 0.25) is 0 Å². The number of hydrogen-bond acceptors (Lipinski definition) is 4. The second kappa shape index (κ2) is 9.84. The maximum Gasteiger partial charge on any atom is 0.261 e. The van der Waals surface area contributed by atoms with Gasteiger partial charge in [-0.1, -0.05) is 54.6 Å². The topological polar surface area (TPSA) is 79.5 Å². The molecule has 0 fully saturated rings. The molecule has 3 rings (SSSR count). The number of para-hydroxylation sites is 1. The highest BCUT2D eigenvalue weighted by Crippen LogP contribution is 2.20. The number of carbonyl (C=O) groups is 2. The van der Waals surface area contributed by atoms with Crippen molar-refractivity contribution in [3.8, 4) is 5.75 Å². The fraction of sp³-hybridized carbons (Fsp3) is 0.174. The number of hydrogen-bond donors (Lipinski definition) is 3. The molecule has 0 aliphatic rings. The van der Waals surface area contributed by atoms with Crippen LogP contribution in [-0.2, 0) is 11.2 Å². The Bertz CT molecular complexity index is 1080. The standard InChI is InChI=1S/C23H23N3O3S/c1-15(2)29-20-13-6-5-12-19(20)22(28)24-23(30)26-25-21(27)14-17-10-7-9-16-8-3-4-11-18(16)17/h3-13,15H,14H2,1-2H3,(H,25,27)(H2,24,26,28,30). The van der Waals surface area contributed by atoms with Crippen LogP contribution in [0.3, 0.4) is 0 Å². The predicted octanol–water partition coefficient (Wildman–Crippen LogP) is 3.51. The molecule has 0 radical (unpaired) electrons. The van der Waals surface area contributed by atoms with Crippen LogP contribution in [0.5, 0.6) is 5.75 Å². The van der Waals surface area contributed by atoms with Crippen molar-refractivity contribution in [1.29, 1.82) is 0 Å². The molecule has 0 aliphatic heterocycles. The molecule has 0 spiro atoms. The Kier molecular flexibility index (Phi) is 6.98. The van der Waals surface area contributed by atoms with Gasteiger partial charge in [-0.25, -0.2) is 0 Å². The number of amides is 2. The molecule has 7 heteroatoms. The van der Waals surface area contributed by atoms with E-state index in [1.54, 1.807) is 24.3 Å². The van der Waals surface area contributed by atoms with Gasteiger partial charge in [-0.05, 0) is 54.5 Å². The van der Waals surface area contributed by atoms with Crippen LogP contribution >= 0.6 is 12.2 Å². The average molecular weight is 422 g/mol. The predicted molar refractivity (Wildman–Crippen MR) is 121 cm³/mol. The van der Waals surface area contributed by atoms with E-state index in [-0.39, 0.29) is 23.5 Å². The summed E-state index contributed by atoms with van der Waals surface area (Å²) in [6.07, 6.45) is 0.105. The fourth-order valence-electron chi connectivity index (χ4n) is 3.00. The quantitative estimate of drug-likeness (QED) is 0.434. The van der Waals surface area contributed by atoms with Crippen LogP contribution in [0.4, 0.5) is 0 Å². The van der Waals surface area contributed by atoms with Crippen molar-refractivity contribution >= 4 is 39.9 Å².